The van der Waals surface area contributed by atoms with Crippen LogP contribution in [0.5, 0.6) is 5.75 Å². The van der Waals surface area contributed by atoms with Crippen molar-refractivity contribution in [2.75, 3.05) is 17.5 Å². The van der Waals surface area contributed by atoms with E-state index in [4.69, 9.17) is 4.74 Å². The summed E-state index contributed by atoms with van der Waals surface area (Å²) in [5.74, 6) is -0.195. The number of rotatable bonds is 9. The van der Waals surface area contributed by atoms with Crippen LogP contribution in [0, 0.1) is 6.92 Å². The third-order valence-electron chi connectivity index (χ3n) is 4.56. The third-order valence-corrected chi connectivity index (χ3v) is 7.31. The lowest BCUT2D eigenvalue weighted by Crippen LogP contribution is -2.40. The van der Waals surface area contributed by atoms with Crippen LogP contribution in [-0.4, -0.2) is 33.2 Å². The van der Waals surface area contributed by atoms with E-state index < -0.39 is 22.5 Å². The van der Waals surface area contributed by atoms with Crippen LogP contribution in [0.15, 0.2) is 76.0 Å². The van der Waals surface area contributed by atoms with Gasteiger partial charge >= 0.3 is 0 Å². The summed E-state index contributed by atoms with van der Waals surface area (Å²) in [6.07, 6.45) is 0. The molecule has 0 saturated carbocycles. The Hall–Kier alpha value is -3.17. The molecule has 32 heavy (non-hydrogen) atoms. The molecule has 0 aliphatic heterocycles. The number of hydrazone groups is 1. The van der Waals surface area contributed by atoms with Gasteiger partial charge in [0.1, 0.15) is 12.3 Å². The lowest BCUT2D eigenvalue weighted by molar-refractivity contribution is -0.119. The maximum absolute atomic E-state index is 13.5. The summed E-state index contributed by atoms with van der Waals surface area (Å²) in [4.78, 5) is 13.7. The highest BCUT2D eigenvalue weighted by molar-refractivity contribution is 7.92. The second-order valence-corrected chi connectivity index (χ2v) is 9.74. The van der Waals surface area contributed by atoms with Crippen LogP contribution in [0.25, 0.3) is 0 Å². The summed E-state index contributed by atoms with van der Waals surface area (Å²) >= 11 is 1.50. The first-order valence-electron chi connectivity index (χ1n) is 10.0. The van der Waals surface area contributed by atoms with Crippen LogP contribution in [0.2, 0.25) is 0 Å². The number of ether oxygens (including phenoxy) is 1. The van der Waals surface area contributed by atoms with Gasteiger partial charge in [-0.25, -0.2) is 13.8 Å². The number of sulfonamides is 1. The van der Waals surface area contributed by atoms with Crippen molar-refractivity contribution in [3.8, 4) is 5.75 Å². The molecule has 0 aliphatic rings. The Morgan fingerprint density at radius 2 is 1.81 bits per heavy atom. The number of thiophene rings is 1. The Morgan fingerprint density at radius 1 is 1.09 bits per heavy atom. The van der Waals surface area contributed by atoms with Crippen LogP contribution in [0.1, 0.15) is 24.3 Å². The van der Waals surface area contributed by atoms with Crippen molar-refractivity contribution < 1.29 is 17.9 Å². The number of carbonyl (C=O) groups is 1. The number of anilines is 1. The lowest BCUT2D eigenvalue weighted by Gasteiger charge is -2.25. The molecule has 1 aromatic heterocycles. The first-order valence-corrected chi connectivity index (χ1v) is 12.3. The summed E-state index contributed by atoms with van der Waals surface area (Å²) in [5.41, 5.74) is 4.31. The zero-order valence-corrected chi connectivity index (χ0v) is 19.7. The summed E-state index contributed by atoms with van der Waals surface area (Å²) in [7, 11) is -4.04. The predicted molar refractivity (Wildman–Crippen MR) is 128 cm³/mol. The van der Waals surface area contributed by atoms with Crippen LogP contribution in [0.3, 0.4) is 0 Å². The van der Waals surface area contributed by atoms with Crippen LogP contribution < -0.4 is 14.5 Å². The fraction of sp³-hybridized carbons (Fsp3) is 0.217. The average Bonchev–Trinajstić information content (AvgIpc) is 3.32. The van der Waals surface area contributed by atoms with Gasteiger partial charge in [-0.15, -0.1) is 11.3 Å². The zero-order valence-electron chi connectivity index (χ0n) is 18.1. The molecule has 0 bridgehead atoms. The standard InChI is InChI=1S/C23H25N3O4S2/c1-4-30-21-9-6-5-8-20(21)26(32(28,29)19-13-11-17(2)12-14-19)16-23(27)25-24-18(3)22-10-7-15-31-22/h5-15H,4,16H2,1-3H3,(H,25,27)/b24-18-. The molecule has 3 aromatic rings. The first kappa shape index (κ1) is 23.5. The zero-order chi connectivity index (χ0) is 23.1. The Morgan fingerprint density at radius 3 is 2.47 bits per heavy atom. The molecule has 0 spiro atoms. The maximum Gasteiger partial charge on any atom is 0.264 e. The van der Waals surface area contributed by atoms with Gasteiger partial charge in [0.15, 0.2) is 0 Å². The smallest absolute Gasteiger partial charge is 0.264 e. The van der Waals surface area contributed by atoms with Gasteiger partial charge in [-0.05, 0) is 56.5 Å². The van der Waals surface area contributed by atoms with Crippen LogP contribution >= 0.6 is 11.3 Å². The SMILES string of the molecule is CCOc1ccccc1N(CC(=O)N/N=C(/C)c1cccs1)S(=O)(=O)c1ccc(C)cc1. The fourth-order valence-electron chi connectivity index (χ4n) is 2.93. The normalized spacial score (nSPS) is 11.8. The summed E-state index contributed by atoms with van der Waals surface area (Å²) in [5, 5.41) is 6.03. The van der Waals surface area contributed by atoms with Gasteiger partial charge in [-0.1, -0.05) is 35.9 Å². The van der Waals surface area contributed by atoms with Crippen LogP contribution in [0.4, 0.5) is 5.69 Å². The second kappa shape index (κ2) is 10.4. The monoisotopic (exact) mass is 471 g/mol. The van der Waals surface area contributed by atoms with E-state index >= 15 is 0 Å². The highest BCUT2D eigenvalue weighted by atomic mass is 32.2. The van der Waals surface area contributed by atoms with E-state index in [9.17, 15) is 13.2 Å². The Kier molecular flexibility index (Phi) is 7.66. The number of para-hydroxylation sites is 2. The van der Waals surface area contributed by atoms with E-state index in [1.165, 1.54) is 23.5 Å². The maximum atomic E-state index is 13.5. The van der Waals surface area contributed by atoms with Crippen LogP contribution in [-0.2, 0) is 14.8 Å². The number of nitrogens with zero attached hydrogens (tertiary/aromatic N) is 2. The molecule has 1 N–H and O–H groups in total. The quantitative estimate of drug-likeness (QED) is 0.374. The summed E-state index contributed by atoms with van der Waals surface area (Å²) in [6.45, 7) is 5.36. The molecule has 0 atom stereocenters. The van der Waals surface area contributed by atoms with E-state index in [2.05, 4.69) is 10.5 Å². The minimum Gasteiger partial charge on any atom is -0.492 e. The number of amides is 1. The first-order chi connectivity index (χ1) is 15.3. The number of aryl methyl sites for hydroxylation is 1. The number of nitrogens with one attached hydrogen (secondary N) is 1. The van der Waals surface area contributed by atoms with Gasteiger partial charge in [0.2, 0.25) is 0 Å². The van der Waals surface area contributed by atoms with Crippen molar-refractivity contribution in [3.63, 3.8) is 0 Å². The molecular formula is C23H25N3O4S2. The number of hydrogen-bond donors (Lipinski definition) is 1. The molecule has 3 rings (SSSR count). The topological polar surface area (TPSA) is 88.1 Å². The van der Waals surface area contributed by atoms with Crippen molar-refractivity contribution in [2.24, 2.45) is 5.10 Å². The Labute approximate surface area is 192 Å². The molecule has 7 nitrogen and oxygen atoms in total. The van der Waals surface area contributed by atoms with Crippen molar-refractivity contribution in [2.45, 2.75) is 25.7 Å². The highest BCUT2D eigenvalue weighted by Crippen LogP contribution is 2.32. The molecule has 0 radical (unpaired) electrons. The van der Waals surface area contributed by atoms with E-state index in [1.54, 1.807) is 43.3 Å². The number of hydrogen-bond acceptors (Lipinski definition) is 6. The molecule has 0 fully saturated rings. The van der Waals surface area contributed by atoms with Crippen molar-refractivity contribution >= 4 is 38.7 Å². The molecule has 1 amide bonds. The molecule has 2 aromatic carbocycles. The highest BCUT2D eigenvalue weighted by Gasteiger charge is 2.29. The van der Waals surface area contributed by atoms with Gasteiger partial charge in [0.05, 0.1) is 22.9 Å². The van der Waals surface area contributed by atoms with Crippen molar-refractivity contribution in [1.29, 1.82) is 0 Å². The minimum atomic E-state index is -4.04. The summed E-state index contributed by atoms with van der Waals surface area (Å²) < 4.78 is 33.7. The van der Waals surface area contributed by atoms with Gasteiger partial charge in [-0.2, -0.15) is 5.10 Å². The minimum absolute atomic E-state index is 0.0838. The predicted octanol–water partition coefficient (Wildman–Crippen LogP) is 4.19. The molecule has 0 saturated heterocycles. The van der Waals surface area contributed by atoms with Gasteiger partial charge in [0, 0.05) is 4.88 Å². The molecule has 0 unspecified atom stereocenters. The van der Waals surface area contributed by atoms with E-state index in [-0.39, 0.29) is 10.6 Å². The largest absolute Gasteiger partial charge is 0.492 e. The third kappa shape index (κ3) is 5.54. The van der Waals surface area contributed by atoms with Gasteiger partial charge in [-0.3, -0.25) is 9.10 Å². The van der Waals surface area contributed by atoms with E-state index in [1.807, 2.05) is 31.4 Å². The molecule has 1 heterocycles. The molecule has 0 aliphatic carbocycles. The Balaban J connectivity index is 1.95. The molecule has 168 valence electrons. The summed E-state index contributed by atoms with van der Waals surface area (Å²) in [6, 6.07) is 17.0. The molecular weight excluding hydrogens is 446 g/mol. The fourth-order valence-corrected chi connectivity index (χ4v) is 5.04. The van der Waals surface area contributed by atoms with Gasteiger partial charge in [0.25, 0.3) is 15.9 Å². The van der Waals surface area contributed by atoms with Gasteiger partial charge < -0.3 is 4.74 Å². The number of benzene rings is 2. The Bertz CT molecular complexity index is 1190. The van der Waals surface area contributed by atoms with E-state index in [0.29, 0.717) is 18.1 Å². The van der Waals surface area contributed by atoms with E-state index in [0.717, 1.165) is 14.7 Å². The lowest BCUT2D eigenvalue weighted by atomic mass is 10.2. The van der Waals surface area contributed by atoms with Crippen molar-refractivity contribution in [3.05, 3.63) is 76.5 Å². The average molecular weight is 472 g/mol. The number of carbonyl (C=O) groups excluding carboxylic acids is 1. The molecule has 9 heteroatoms. The second-order valence-electron chi connectivity index (χ2n) is 6.93. The van der Waals surface area contributed by atoms with Crippen molar-refractivity contribution in [1.82, 2.24) is 5.43 Å².